The predicted octanol–water partition coefficient (Wildman–Crippen LogP) is 4.21. The summed E-state index contributed by atoms with van der Waals surface area (Å²) in [7, 11) is -3.34. The Bertz CT molecular complexity index is 1160. The van der Waals surface area contributed by atoms with Gasteiger partial charge >= 0.3 is 0 Å². The van der Waals surface area contributed by atoms with E-state index in [9.17, 15) is 13.2 Å². The van der Waals surface area contributed by atoms with Crippen molar-refractivity contribution >= 4 is 49.7 Å². The van der Waals surface area contributed by atoms with Crippen LogP contribution in [0.25, 0.3) is 10.8 Å². The van der Waals surface area contributed by atoms with E-state index < -0.39 is 10.0 Å². The van der Waals surface area contributed by atoms with E-state index in [1.54, 1.807) is 18.2 Å². The molecule has 0 radical (unpaired) electrons. The molecule has 1 aliphatic rings. The average molecular weight is 415 g/mol. The first kappa shape index (κ1) is 18.8. The van der Waals surface area contributed by atoms with Crippen LogP contribution >= 0.6 is 11.6 Å². The summed E-state index contributed by atoms with van der Waals surface area (Å²) < 4.78 is 25.7. The summed E-state index contributed by atoms with van der Waals surface area (Å²) in [6.07, 6.45) is 0.789. The van der Waals surface area contributed by atoms with Crippen LogP contribution in [0.5, 0.6) is 0 Å². The van der Waals surface area contributed by atoms with E-state index in [0.29, 0.717) is 29.4 Å². The lowest BCUT2D eigenvalue weighted by molar-refractivity contribution is -0.115. The molecule has 5 nitrogen and oxygen atoms in total. The van der Waals surface area contributed by atoms with Crippen molar-refractivity contribution in [2.45, 2.75) is 12.8 Å². The lowest BCUT2D eigenvalue weighted by atomic mass is 10.0. The zero-order valence-electron chi connectivity index (χ0n) is 15.1. The topological polar surface area (TPSA) is 66.5 Å². The van der Waals surface area contributed by atoms with Gasteiger partial charge in [-0.15, -0.1) is 0 Å². The second-order valence-corrected chi connectivity index (χ2v) is 9.19. The molecule has 1 fully saturated rings. The number of fused-ring (bicyclic) bond motifs is 1. The number of rotatable bonds is 4. The smallest absolute Gasteiger partial charge is 0.235 e. The van der Waals surface area contributed by atoms with Gasteiger partial charge in [0.25, 0.3) is 0 Å². The quantitative estimate of drug-likeness (QED) is 0.695. The third-order valence-corrected chi connectivity index (χ3v) is 7.00. The average Bonchev–Trinajstić information content (AvgIpc) is 3.02. The maximum atomic E-state index is 12.6. The number of carbonyl (C=O) groups excluding carboxylic acids is 1. The molecular weight excluding hydrogens is 396 g/mol. The summed E-state index contributed by atoms with van der Waals surface area (Å²) in [6.45, 7) is 0.398. The molecule has 0 aliphatic carbocycles. The van der Waals surface area contributed by atoms with Crippen molar-refractivity contribution in [3.05, 3.63) is 71.2 Å². The third kappa shape index (κ3) is 3.70. The number of amides is 1. The molecule has 144 valence electrons. The molecule has 0 unspecified atom stereocenters. The Labute approximate surface area is 169 Å². The van der Waals surface area contributed by atoms with Gasteiger partial charge in [0.1, 0.15) is 0 Å². The van der Waals surface area contributed by atoms with Crippen molar-refractivity contribution < 1.29 is 13.2 Å². The summed E-state index contributed by atoms with van der Waals surface area (Å²) >= 11 is 6.22. The van der Waals surface area contributed by atoms with Gasteiger partial charge in [-0.25, -0.2) is 8.42 Å². The Kier molecular flexibility index (Phi) is 5.00. The molecule has 3 aromatic carbocycles. The minimum atomic E-state index is -3.34. The van der Waals surface area contributed by atoms with Gasteiger partial charge in [0.2, 0.25) is 15.9 Å². The molecule has 0 spiro atoms. The first-order chi connectivity index (χ1) is 13.4. The SMILES string of the molecule is O=C(Cc1cccc2ccccc12)Nc1ccc(Cl)c(N2CCCS2(=O)=O)c1. The molecule has 1 aliphatic heterocycles. The lowest BCUT2D eigenvalue weighted by Crippen LogP contribution is -2.25. The normalized spacial score (nSPS) is 15.7. The van der Waals surface area contributed by atoms with Gasteiger partial charge in [-0.3, -0.25) is 9.10 Å². The van der Waals surface area contributed by atoms with Gasteiger partial charge < -0.3 is 5.32 Å². The fraction of sp³-hybridized carbons (Fsp3) is 0.190. The van der Waals surface area contributed by atoms with Gasteiger partial charge in [-0.1, -0.05) is 54.1 Å². The van der Waals surface area contributed by atoms with Crippen LogP contribution in [0, 0.1) is 0 Å². The van der Waals surface area contributed by atoms with Crippen LogP contribution in [-0.2, 0) is 21.2 Å². The molecule has 28 heavy (non-hydrogen) atoms. The van der Waals surface area contributed by atoms with Gasteiger partial charge in [-0.05, 0) is 41.0 Å². The standard InChI is InChI=1S/C21H19ClN2O3S/c22-19-10-9-17(14-20(19)24-11-4-12-28(24,26)27)23-21(25)13-16-7-3-6-15-5-1-2-8-18(15)16/h1-3,5-10,14H,4,11-13H2,(H,23,25). The van der Waals surface area contributed by atoms with Crippen LogP contribution in [0.4, 0.5) is 11.4 Å². The Balaban J connectivity index is 1.56. The first-order valence-corrected chi connectivity index (χ1v) is 11.0. The van der Waals surface area contributed by atoms with Crippen molar-refractivity contribution in [2.75, 3.05) is 21.9 Å². The summed E-state index contributed by atoms with van der Waals surface area (Å²) in [5, 5.41) is 5.33. The maximum absolute atomic E-state index is 12.6. The van der Waals surface area contributed by atoms with Gasteiger partial charge in [-0.2, -0.15) is 0 Å². The van der Waals surface area contributed by atoms with E-state index in [1.165, 1.54) is 4.31 Å². The fourth-order valence-corrected chi connectivity index (χ4v) is 5.36. The van der Waals surface area contributed by atoms with E-state index in [4.69, 9.17) is 11.6 Å². The zero-order valence-corrected chi connectivity index (χ0v) is 16.6. The maximum Gasteiger partial charge on any atom is 0.235 e. The molecule has 0 saturated carbocycles. The number of hydrogen-bond acceptors (Lipinski definition) is 3. The highest BCUT2D eigenvalue weighted by Gasteiger charge is 2.30. The van der Waals surface area contributed by atoms with Crippen LogP contribution in [0.2, 0.25) is 5.02 Å². The monoisotopic (exact) mass is 414 g/mol. The highest BCUT2D eigenvalue weighted by Crippen LogP contribution is 2.33. The van der Waals surface area contributed by atoms with Crippen LogP contribution in [0.15, 0.2) is 60.7 Å². The largest absolute Gasteiger partial charge is 0.326 e. The summed E-state index contributed by atoms with van der Waals surface area (Å²) in [4.78, 5) is 12.6. The molecule has 1 saturated heterocycles. The highest BCUT2D eigenvalue weighted by atomic mass is 35.5. The van der Waals surface area contributed by atoms with E-state index in [-0.39, 0.29) is 18.1 Å². The van der Waals surface area contributed by atoms with Crippen molar-refractivity contribution in [2.24, 2.45) is 0 Å². The van der Waals surface area contributed by atoms with Crippen molar-refractivity contribution in [1.82, 2.24) is 0 Å². The molecule has 4 rings (SSSR count). The number of hydrogen-bond donors (Lipinski definition) is 1. The van der Waals surface area contributed by atoms with E-state index in [1.807, 2.05) is 42.5 Å². The Morgan fingerprint density at radius 2 is 1.86 bits per heavy atom. The molecule has 3 aromatic rings. The van der Waals surface area contributed by atoms with E-state index in [0.717, 1.165) is 16.3 Å². The zero-order chi connectivity index (χ0) is 19.7. The minimum absolute atomic E-state index is 0.112. The van der Waals surface area contributed by atoms with Crippen molar-refractivity contribution in [3.8, 4) is 0 Å². The van der Waals surface area contributed by atoms with Crippen LogP contribution in [-0.4, -0.2) is 26.6 Å². The molecule has 0 atom stereocenters. The van der Waals surface area contributed by atoms with Crippen molar-refractivity contribution in [1.29, 1.82) is 0 Å². The van der Waals surface area contributed by atoms with Crippen LogP contribution in [0.3, 0.4) is 0 Å². The molecule has 1 amide bonds. The molecule has 1 N–H and O–H groups in total. The van der Waals surface area contributed by atoms with E-state index in [2.05, 4.69) is 5.32 Å². The third-order valence-electron chi connectivity index (χ3n) is 4.83. The summed E-state index contributed by atoms with van der Waals surface area (Å²) in [6, 6.07) is 18.7. The molecule has 0 bridgehead atoms. The summed E-state index contributed by atoms with van der Waals surface area (Å²) in [5.41, 5.74) is 1.86. The second-order valence-electron chi connectivity index (χ2n) is 6.77. The Hall–Kier alpha value is -2.57. The Morgan fingerprint density at radius 1 is 1.07 bits per heavy atom. The van der Waals surface area contributed by atoms with Gasteiger partial charge in [0.05, 0.1) is 22.9 Å². The highest BCUT2D eigenvalue weighted by molar-refractivity contribution is 7.93. The number of nitrogens with zero attached hydrogens (tertiary/aromatic N) is 1. The number of halogens is 1. The lowest BCUT2D eigenvalue weighted by Gasteiger charge is -2.19. The first-order valence-electron chi connectivity index (χ1n) is 9.00. The minimum Gasteiger partial charge on any atom is -0.326 e. The second kappa shape index (κ2) is 7.45. The Morgan fingerprint density at radius 3 is 2.64 bits per heavy atom. The number of sulfonamides is 1. The molecule has 1 heterocycles. The number of nitrogens with one attached hydrogen (secondary N) is 1. The number of carbonyl (C=O) groups is 1. The number of anilines is 2. The van der Waals surface area contributed by atoms with Crippen LogP contribution < -0.4 is 9.62 Å². The van der Waals surface area contributed by atoms with Crippen LogP contribution in [0.1, 0.15) is 12.0 Å². The molecular formula is C21H19ClN2O3S. The van der Waals surface area contributed by atoms with Crippen molar-refractivity contribution in [3.63, 3.8) is 0 Å². The predicted molar refractivity (Wildman–Crippen MR) is 113 cm³/mol. The van der Waals surface area contributed by atoms with Gasteiger partial charge in [0.15, 0.2) is 0 Å². The van der Waals surface area contributed by atoms with Gasteiger partial charge in [0, 0.05) is 12.2 Å². The van der Waals surface area contributed by atoms with E-state index >= 15 is 0 Å². The molecule has 7 heteroatoms. The number of benzene rings is 3. The fourth-order valence-electron chi connectivity index (χ4n) is 3.52. The summed E-state index contributed by atoms with van der Waals surface area (Å²) in [5.74, 6) is -0.0602. The molecule has 0 aromatic heterocycles.